The number of carbonyl (C=O) groups is 2. The van der Waals surface area contributed by atoms with Crippen molar-refractivity contribution in [1.29, 1.82) is 5.26 Å². The molecule has 0 saturated heterocycles. The second-order valence-electron chi connectivity index (χ2n) is 7.10. The molecule has 0 aromatic heterocycles. The van der Waals surface area contributed by atoms with Crippen LogP contribution in [0.5, 0.6) is 0 Å². The van der Waals surface area contributed by atoms with Gasteiger partial charge >= 0.3 is 12.2 Å². The number of hydrogen-bond donors (Lipinski definition) is 3. The van der Waals surface area contributed by atoms with Crippen molar-refractivity contribution < 1.29 is 22.8 Å². The predicted octanol–water partition coefficient (Wildman–Crippen LogP) is 4.95. The average molecular weight is 452 g/mol. The molecule has 3 amide bonds. The Morgan fingerprint density at radius 1 is 0.879 bits per heavy atom. The molecule has 33 heavy (non-hydrogen) atoms. The van der Waals surface area contributed by atoms with E-state index in [2.05, 4.69) is 16.0 Å². The summed E-state index contributed by atoms with van der Waals surface area (Å²) in [6, 6.07) is 19.5. The van der Waals surface area contributed by atoms with Gasteiger partial charge in [-0.2, -0.15) is 18.4 Å². The first kappa shape index (κ1) is 23.3. The molecular weight excluding hydrogens is 433 g/mol. The summed E-state index contributed by atoms with van der Waals surface area (Å²) in [5.74, 6) is -0.598. The van der Waals surface area contributed by atoms with E-state index < -0.39 is 29.7 Å². The van der Waals surface area contributed by atoms with Crippen LogP contribution in [0, 0.1) is 11.3 Å². The zero-order valence-electron chi connectivity index (χ0n) is 17.2. The molecule has 1 unspecified atom stereocenters. The fourth-order valence-electron chi connectivity index (χ4n) is 3.02. The van der Waals surface area contributed by atoms with Gasteiger partial charge in [0, 0.05) is 17.8 Å². The summed E-state index contributed by atoms with van der Waals surface area (Å²) in [5, 5.41) is 16.7. The summed E-state index contributed by atoms with van der Waals surface area (Å²) in [7, 11) is 0. The SMILES string of the molecule is N#Cc1cccc(NC(=O)NC(Cc2ccccc2)C(=O)Nc2ccc(C(F)(F)F)cc2)c1. The number of nitrogens with zero attached hydrogens (tertiary/aromatic N) is 1. The van der Waals surface area contributed by atoms with E-state index >= 15 is 0 Å². The molecule has 3 N–H and O–H groups in total. The number of alkyl halides is 3. The van der Waals surface area contributed by atoms with Gasteiger partial charge in [0.2, 0.25) is 5.91 Å². The maximum atomic E-state index is 12.9. The Hall–Kier alpha value is -4.32. The van der Waals surface area contributed by atoms with Crippen LogP contribution < -0.4 is 16.0 Å². The molecule has 1 atom stereocenters. The third kappa shape index (κ3) is 6.83. The molecule has 0 spiro atoms. The molecule has 0 aliphatic carbocycles. The quantitative estimate of drug-likeness (QED) is 0.494. The molecule has 9 heteroatoms. The molecular formula is C24H19F3N4O2. The summed E-state index contributed by atoms with van der Waals surface area (Å²) in [6.07, 6.45) is -4.33. The van der Waals surface area contributed by atoms with Crippen molar-refractivity contribution in [3.8, 4) is 6.07 Å². The molecule has 6 nitrogen and oxygen atoms in total. The first-order valence-corrected chi connectivity index (χ1v) is 9.84. The zero-order valence-corrected chi connectivity index (χ0v) is 17.2. The lowest BCUT2D eigenvalue weighted by atomic mass is 10.1. The van der Waals surface area contributed by atoms with E-state index in [0.717, 1.165) is 29.8 Å². The summed E-state index contributed by atoms with van der Waals surface area (Å²) >= 11 is 0. The van der Waals surface area contributed by atoms with E-state index in [1.807, 2.05) is 12.1 Å². The zero-order chi connectivity index (χ0) is 23.8. The number of halogens is 3. The van der Waals surface area contributed by atoms with Crippen LogP contribution in [-0.4, -0.2) is 18.0 Å². The van der Waals surface area contributed by atoms with Crippen LogP contribution in [0.2, 0.25) is 0 Å². The van der Waals surface area contributed by atoms with Crippen molar-refractivity contribution in [2.24, 2.45) is 0 Å². The summed E-state index contributed by atoms with van der Waals surface area (Å²) in [6.45, 7) is 0. The van der Waals surface area contributed by atoms with E-state index in [1.165, 1.54) is 6.07 Å². The number of nitrogens with one attached hydrogen (secondary N) is 3. The molecule has 0 saturated carbocycles. The monoisotopic (exact) mass is 452 g/mol. The molecule has 0 aliphatic heterocycles. The summed E-state index contributed by atoms with van der Waals surface area (Å²) in [5.41, 5.74) is 0.826. The van der Waals surface area contributed by atoms with Crippen LogP contribution >= 0.6 is 0 Å². The average Bonchev–Trinajstić information content (AvgIpc) is 2.79. The Balaban J connectivity index is 1.73. The van der Waals surface area contributed by atoms with E-state index in [4.69, 9.17) is 5.26 Å². The lowest BCUT2D eigenvalue weighted by Gasteiger charge is -2.19. The Labute approximate surface area is 188 Å². The van der Waals surface area contributed by atoms with Gasteiger partial charge in [-0.15, -0.1) is 0 Å². The maximum absolute atomic E-state index is 12.9. The van der Waals surface area contributed by atoms with Gasteiger partial charge < -0.3 is 16.0 Å². The van der Waals surface area contributed by atoms with E-state index in [1.54, 1.807) is 42.5 Å². The lowest BCUT2D eigenvalue weighted by Crippen LogP contribution is -2.46. The smallest absolute Gasteiger partial charge is 0.326 e. The van der Waals surface area contributed by atoms with Crippen LogP contribution in [-0.2, 0) is 17.4 Å². The molecule has 0 bridgehead atoms. The minimum absolute atomic E-state index is 0.152. The Morgan fingerprint density at radius 2 is 1.58 bits per heavy atom. The van der Waals surface area contributed by atoms with E-state index in [-0.39, 0.29) is 12.1 Å². The predicted molar refractivity (Wildman–Crippen MR) is 117 cm³/mol. The minimum atomic E-state index is -4.49. The highest BCUT2D eigenvalue weighted by atomic mass is 19.4. The van der Waals surface area contributed by atoms with Crippen LogP contribution in [0.1, 0.15) is 16.7 Å². The van der Waals surface area contributed by atoms with Gasteiger partial charge in [-0.3, -0.25) is 4.79 Å². The largest absolute Gasteiger partial charge is 0.416 e. The standard InChI is InChI=1S/C24H19F3N4O2/c25-24(26,27)18-9-11-19(12-10-18)29-22(32)21(14-16-5-2-1-3-6-16)31-23(33)30-20-8-4-7-17(13-20)15-28/h1-13,21H,14H2,(H,29,32)(H2,30,31,33). The van der Waals surface area contributed by atoms with Gasteiger partial charge in [-0.25, -0.2) is 4.79 Å². The molecule has 0 aliphatic rings. The van der Waals surface area contributed by atoms with Crippen LogP contribution in [0.15, 0.2) is 78.9 Å². The summed E-state index contributed by atoms with van der Waals surface area (Å²) in [4.78, 5) is 25.4. The minimum Gasteiger partial charge on any atom is -0.326 e. The van der Waals surface area contributed by atoms with Gasteiger partial charge in [0.25, 0.3) is 0 Å². The Bertz CT molecular complexity index is 1160. The third-order valence-corrected chi connectivity index (χ3v) is 4.63. The second kappa shape index (κ2) is 10.3. The highest BCUT2D eigenvalue weighted by Gasteiger charge is 2.30. The molecule has 3 aromatic carbocycles. The van der Waals surface area contributed by atoms with Crippen LogP contribution in [0.25, 0.3) is 0 Å². The molecule has 0 heterocycles. The van der Waals surface area contributed by atoms with Gasteiger partial charge in [-0.05, 0) is 48.0 Å². The highest BCUT2D eigenvalue weighted by Crippen LogP contribution is 2.29. The van der Waals surface area contributed by atoms with Crippen LogP contribution in [0.4, 0.5) is 29.3 Å². The fourth-order valence-corrected chi connectivity index (χ4v) is 3.02. The molecule has 0 radical (unpaired) electrons. The second-order valence-corrected chi connectivity index (χ2v) is 7.10. The van der Waals surface area contributed by atoms with Crippen molar-refractivity contribution in [3.63, 3.8) is 0 Å². The lowest BCUT2D eigenvalue weighted by molar-refractivity contribution is -0.137. The molecule has 168 valence electrons. The van der Waals surface area contributed by atoms with Gasteiger partial charge in [0.05, 0.1) is 17.2 Å². The Kier molecular flexibility index (Phi) is 7.31. The normalized spacial score (nSPS) is 11.7. The third-order valence-electron chi connectivity index (χ3n) is 4.63. The molecule has 3 aromatic rings. The number of carbonyl (C=O) groups excluding carboxylic acids is 2. The van der Waals surface area contributed by atoms with Crippen molar-refractivity contribution in [2.45, 2.75) is 18.6 Å². The Morgan fingerprint density at radius 3 is 2.21 bits per heavy atom. The van der Waals surface area contributed by atoms with Crippen molar-refractivity contribution in [1.82, 2.24) is 5.32 Å². The van der Waals surface area contributed by atoms with Gasteiger partial charge in [-0.1, -0.05) is 36.4 Å². The van der Waals surface area contributed by atoms with Crippen molar-refractivity contribution in [3.05, 3.63) is 95.6 Å². The van der Waals surface area contributed by atoms with Gasteiger partial charge in [0.1, 0.15) is 6.04 Å². The fraction of sp³-hybridized carbons (Fsp3) is 0.125. The number of nitriles is 1. The number of hydrogen-bond acceptors (Lipinski definition) is 3. The van der Waals surface area contributed by atoms with E-state index in [9.17, 15) is 22.8 Å². The number of urea groups is 1. The van der Waals surface area contributed by atoms with Crippen LogP contribution in [0.3, 0.4) is 0 Å². The summed E-state index contributed by atoms with van der Waals surface area (Å²) < 4.78 is 38.3. The molecule has 3 rings (SSSR count). The maximum Gasteiger partial charge on any atom is 0.416 e. The van der Waals surface area contributed by atoms with E-state index in [0.29, 0.717) is 11.3 Å². The van der Waals surface area contributed by atoms with Crippen molar-refractivity contribution in [2.75, 3.05) is 10.6 Å². The number of benzene rings is 3. The first-order valence-electron chi connectivity index (χ1n) is 9.84. The van der Waals surface area contributed by atoms with Gasteiger partial charge in [0.15, 0.2) is 0 Å². The topological polar surface area (TPSA) is 94.0 Å². The highest BCUT2D eigenvalue weighted by molar-refractivity contribution is 5.99. The number of anilines is 2. The molecule has 0 fully saturated rings. The first-order chi connectivity index (χ1) is 15.7. The number of rotatable bonds is 6. The number of amides is 3. The van der Waals surface area contributed by atoms with Crippen molar-refractivity contribution >= 4 is 23.3 Å².